The van der Waals surface area contributed by atoms with Crippen LogP contribution in [0.25, 0.3) is 0 Å². The number of likely N-dealkylation sites (N-methyl/N-ethyl adjacent to an activating group) is 1. The molecule has 0 spiro atoms. The monoisotopic (exact) mass is 271 g/mol. The molecule has 0 aliphatic carbocycles. The standard InChI is InChI=1S/C12H21N3O4/c1-3-14-6-7-15(8-9(14)2)12(19)13-10(16)4-5-11(17)18/h9H,3-8H2,1-2H3,(H,17,18)(H,13,16,19). The van der Waals surface area contributed by atoms with Gasteiger partial charge >= 0.3 is 12.0 Å². The van der Waals surface area contributed by atoms with E-state index in [-0.39, 0.29) is 18.9 Å². The number of carbonyl (C=O) groups excluding carboxylic acids is 2. The van der Waals surface area contributed by atoms with E-state index in [0.29, 0.717) is 13.1 Å². The van der Waals surface area contributed by atoms with E-state index >= 15 is 0 Å². The smallest absolute Gasteiger partial charge is 0.324 e. The molecule has 1 atom stereocenters. The number of carboxylic acids is 1. The van der Waals surface area contributed by atoms with Crippen molar-refractivity contribution < 1.29 is 19.5 Å². The topological polar surface area (TPSA) is 90.0 Å². The van der Waals surface area contributed by atoms with Gasteiger partial charge in [-0.25, -0.2) is 4.79 Å². The van der Waals surface area contributed by atoms with E-state index in [9.17, 15) is 14.4 Å². The minimum Gasteiger partial charge on any atom is -0.481 e. The van der Waals surface area contributed by atoms with E-state index < -0.39 is 17.9 Å². The van der Waals surface area contributed by atoms with Gasteiger partial charge in [-0.05, 0) is 13.5 Å². The number of nitrogens with zero attached hydrogens (tertiary/aromatic N) is 2. The fourth-order valence-corrected chi connectivity index (χ4v) is 2.13. The maximum atomic E-state index is 11.8. The summed E-state index contributed by atoms with van der Waals surface area (Å²) in [6, 6.07) is -0.170. The molecule has 1 heterocycles. The highest BCUT2D eigenvalue weighted by Crippen LogP contribution is 2.08. The van der Waals surface area contributed by atoms with Crippen molar-refractivity contribution in [2.45, 2.75) is 32.7 Å². The molecule has 1 rings (SSSR count). The minimum atomic E-state index is -1.05. The Kier molecular flexibility index (Phi) is 5.75. The minimum absolute atomic E-state index is 0.175. The number of imide groups is 1. The normalized spacial score (nSPS) is 20.1. The van der Waals surface area contributed by atoms with Crippen LogP contribution < -0.4 is 5.32 Å². The van der Waals surface area contributed by atoms with E-state index in [2.05, 4.69) is 17.1 Å². The predicted molar refractivity (Wildman–Crippen MR) is 68.7 cm³/mol. The second kappa shape index (κ2) is 7.08. The number of urea groups is 1. The number of hydrogen-bond acceptors (Lipinski definition) is 4. The zero-order valence-corrected chi connectivity index (χ0v) is 11.4. The SMILES string of the molecule is CCN1CCN(C(=O)NC(=O)CCC(=O)O)CC1C. The summed E-state index contributed by atoms with van der Waals surface area (Å²) in [6.07, 6.45) is -0.440. The van der Waals surface area contributed by atoms with Crippen LogP contribution in [-0.4, -0.2) is 65.0 Å². The molecule has 1 fully saturated rings. The molecule has 0 aromatic carbocycles. The van der Waals surface area contributed by atoms with Gasteiger partial charge in [0.05, 0.1) is 6.42 Å². The Labute approximate surface area is 112 Å². The van der Waals surface area contributed by atoms with Crippen LogP contribution >= 0.6 is 0 Å². The van der Waals surface area contributed by atoms with Crippen LogP contribution in [0.4, 0.5) is 4.79 Å². The van der Waals surface area contributed by atoms with Crippen molar-refractivity contribution in [1.82, 2.24) is 15.1 Å². The molecule has 1 unspecified atom stereocenters. The molecule has 0 aromatic heterocycles. The summed E-state index contributed by atoms with van der Waals surface area (Å²) in [5, 5.41) is 10.7. The van der Waals surface area contributed by atoms with Crippen molar-refractivity contribution in [1.29, 1.82) is 0 Å². The Bertz CT molecular complexity index is 359. The molecule has 0 saturated carbocycles. The summed E-state index contributed by atoms with van der Waals surface area (Å²) in [7, 11) is 0. The lowest BCUT2D eigenvalue weighted by Crippen LogP contribution is -2.56. The molecule has 19 heavy (non-hydrogen) atoms. The molecule has 1 aliphatic rings. The predicted octanol–water partition coefficient (Wildman–Crippen LogP) is 0.113. The van der Waals surface area contributed by atoms with Crippen LogP contribution in [-0.2, 0) is 9.59 Å². The van der Waals surface area contributed by atoms with Crippen LogP contribution in [0.1, 0.15) is 26.7 Å². The highest BCUT2D eigenvalue weighted by atomic mass is 16.4. The Hall–Kier alpha value is -1.63. The Morgan fingerprint density at radius 1 is 1.26 bits per heavy atom. The van der Waals surface area contributed by atoms with Gasteiger partial charge in [0.2, 0.25) is 5.91 Å². The number of amides is 3. The van der Waals surface area contributed by atoms with Crippen LogP contribution in [0.2, 0.25) is 0 Å². The Morgan fingerprint density at radius 2 is 1.95 bits per heavy atom. The summed E-state index contributed by atoms with van der Waals surface area (Å²) < 4.78 is 0. The van der Waals surface area contributed by atoms with Gasteiger partial charge in [-0.1, -0.05) is 6.92 Å². The first-order valence-electron chi connectivity index (χ1n) is 6.48. The number of hydrogen-bond donors (Lipinski definition) is 2. The zero-order valence-electron chi connectivity index (χ0n) is 11.4. The van der Waals surface area contributed by atoms with E-state index in [0.717, 1.165) is 13.1 Å². The number of carbonyl (C=O) groups is 3. The summed E-state index contributed by atoms with van der Waals surface area (Å²) in [5.74, 6) is -1.59. The number of nitrogens with one attached hydrogen (secondary N) is 1. The maximum absolute atomic E-state index is 11.8. The van der Waals surface area contributed by atoms with Gasteiger partial charge in [-0.15, -0.1) is 0 Å². The van der Waals surface area contributed by atoms with Crippen molar-refractivity contribution in [3.8, 4) is 0 Å². The molecule has 0 aromatic rings. The van der Waals surface area contributed by atoms with Crippen molar-refractivity contribution in [3.05, 3.63) is 0 Å². The van der Waals surface area contributed by atoms with Gasteiger partial charge in [-0.2, -0.15) is 0 Å². The fraction of sp³-hybridized carbons (Fsp3) is 0.750. The van der Waals surface area contributed by atoms with E-state index in [1.165, 1.54) is 0 Å². The molecule has 7 nitrogen and oxygen atoms in total. The third kappa shape index (κ3) is 4.86. The number of piperazine rings is 1. The van der Waals surface area contributed by atoms with Crippen LogP contribution in [0.5, 0.6) is 0 Å². The first-order chi connectivity index (χ1) is 8.93. The van der Waals surface area contributed by atoms with Crippen molar-refractivity contribution in [2.24, 2.45) is 0 Å². The average molecular weight is 271 g/mol. The van der Waals surface area contributed by atoms with E-state index in [1.54, 1.807) is 4.90 Å². The van der Waals surface area contributed by atoms with Crippen molar-refractivity contribution in [3.63, 3.8) is 0 Å². The Balaban J connectivity index is 2.38. The molecular formula is C12H21N3O4. The maximum Gasteiger partial charge on any atom is 0.324 e. The number of aliphatic carboxylic acids is 1. The van der Waals surface area contributed by atoms with Gasteiger partial charge in [0, 0.05) is 32.1 Å². The molecule has 1 aliphatic heterocycles. The molecule has 0 bridgehead atoms. The highest BCUT2D eigenvalue weighted by Gasteiger charge is 2.26. The van der Waals surface area contributed by atoms with Crippen LogP contribution in [0.3, 0.4) is 0 Å². The van der Waals surface area contributed by atoms with Gasteiger partial charge in [0.25, 0.3) is 0 Å². The highest BCUT2D eigenvalue weighted by molar-refractivity contribution is 5.95. The van der Waals surface area contributed by atoms with Gasteiger partial charge in [0.1, 0.15) is 0 Å². The van der Waals surface area contributed by atoms with Gasteiger partial charge in [0.15, 0.2) is 0 Å². The first kappa shape index (κ1) is 15.4. The lowest BCUT2D eigenvalue weighted by molar-refractivity contribution is -0.138. The van der Waals surface area contributed by atoms with E-state index in [4.69, 9.17) is 5.11 Å². The van der Waals surface area contributed by atoms with E-state index in [1.807, 2.05) is 6.92 Å². The summed E-state index contributed by atoms with van der Waals surface area (Å²) in [4.78, 5) is 37.4. The molecule has 7 heteroatoms. The lowest BCUT2D eigenvalue weighted by Gasteiger charge is -2.39. The second-order valence-corrected chi connectivity index (χ2v) is 4.67. The Morgan fingerprint density at radius 3 is 2.47 bits per heavy atom. The van der Waals surface area contributed by atoms with Crippen molar-refractivity contribution in [2.75, 3.05) is 26.2 Å². The largest absolute Gasteiger partial charge is 0.481 e. The van der Waals surface area contributed by atoms with Gasteiger partial charge < -0.3 is 10.0 Å². The second-order valence-electron chi connectivity index (χ2n) is 4.67. The molecule has 2 N–H and O–H groups in total. The average Bonchev–Trinajstić information content (AvgIpc) is 2.36. The molecule has 108 valence electrons. The summed E-state index contributed by atoms with van der Waals surface area (Å²) in [6.45, 7) is 6.99. The fourth-order valence-electron chi connectivity index (χ4n) is 2.13. The molecular weight excluding hydrogens is 250 g/mol. The summed E-state index contributed by atoms with van der Waals surface area (Å²) >= 11 is 0. The van der Waals surface area contributed by atoms with Crippen molar-refractivity contribution >= 4 is 17.9 Å². The molecule has 3 amide bonds. The summed E-state index contributed by atoms with van der Waals surface area (Å²) in [5.41, 5.74) is 0. The third-order valence-electron chi connectivity index (χ3n) is 3.27. The molecule has 1 saturated heterocycles. The first-order valence-corrected chi connectivity index (χ1v) is 6.48. The number of rotatable bonds is 4. The van der Waals surface area contributed by atoms with Crippen LogP contribution in [0.15, 0.2) is 0 Å². The lowest BCUT2D eigenvalue weighted by atomic mass is 10.2. The molecule has 0 radical (unpaired) electrons. The van der Waals surface area contributed by atoms with Gasteiger partial charge in [-0.3, -0.25) is 19.8 Å². The zero-order chi connectivity index (χ0) is 14.4. The van der Waals surface area contributed by atoms with Crippen LogP contribution in [0, 0.1) is 0 Å². The third-order valence-corrected chi connectivity index (χ3v) is 3.27. The number of carboxylic acid groups (broad SMARTS) is 1. The quantitative estimate of drug-likeness (QED) is 0.757.